The van der Waals surface area contributed by atoms with Crippen LogP contribution in [0.3, 0.4) is 0 Å². The van der Waals surface area contributed by atoms with Crippen molar-refractivity contribution in [2.24, 2.45) is 0 Å². The molecule has 0 aliphatic carbocycles. The first-order valence-corrected chi connectivity index (χ1v) is 7.49. The molecule has 0 aliphatic rings. The van der Waals surface area contributed by atoms with Gasteiger partial charge in [0, 0.05) is 18.0 Å². The predicted octanol–water partition coefficient (Wildman–Crippen LogP) is 3.86. The largest absolute Gasteiger partial charge is 0.493 e. The monoisotopic (exact) mass is 345 g/mol. The highest BCUT2D eigenvalue weighted by atomic mass is 16.5. The van der Waals surface area contributed by atoms with Gasteiger partial charge in [-0.2, -0.15) is 0 Å². The average molecular weight is 345 g/mol. The Labute approximate surface area is 155 Å². The van der Waals surface area contributed by atoms with Gasteiger partial charge in [-0.05, 0) is 41.3 Å². The Balaban J connectivity index is 2.02. The van der Waals surface area contributed by atoms with Crippen LogP contribution in [0.1, 0.15) is 19.5 Å². The van der Waals surface area contributed by atoms with Crippen molar-refractivity contribution in [3.8, 4) is 23.0 Å². The van der Waals surface area contributed by atoms with Gasteiger partial charge < -0.3 is 18.9 Å². The zero-order chi connectivity index (χ0) is 22.8. The number of fused-ring (bicyclic) bond motifs is 1. The molecule has 0 atom stereocenters. The summed E-state index contributed by atoms with van der Waals surface area (Å²) in [7, 11) is -2.42. The molecule has 2 aromatic carbocycles. The zero-order valence-electron chi connectivity index (χ0n) is 19.8. The van der Waals surface area contributed by atoms with Crippen LogP contribution >= 0.6 is 0 Å². The van der Waals surface area contributed by atoms with Crippen LogP contribution in [0.15, 0.2) is 42.6 Å². The van der Waals surface area contributed by atoms with Gasteiger partial charge in [0.25, 0.3) is 0 Å². The summed E-state index contributed by atoms with van der Waals surface area (Å²) in [6, 6.07) is 9.95. The van der Waals surface area contributed by atoms with E-state index < -0.39 is 14.1 Å². The standard InChI is InChI=1S/C20H21NO4/c1-22-17-6-5-13(10-18(17)23-2)9-16-15-12-20(25-4)19(24-3)11-14(15)7-8-21-16/h5-8,10-12H,9H2,1-4H3/i1D3,2D3. The minimum atomic E-state index is -2.77. The van der Waals surface area contributed by atoms with Gasteiger partial charge in [-0.15, -0.1) is 0 Å². The Hall–Kier alpha value is -2.95. The molecule has 130 valence electrons. The minimum Gasteiger partial charge on any atom is -0.493 e. The molecule has 3 aromatic rings. The lowest BCUT2D eigenvalue weighted by Crippen LogP contribution is -1.97. The molecule has 0 radical (unpaired) electrons. The highest BCUT2D eigenvalue weighted by molar-refractivity contribution is 5.88. The van der Waals surface area contributed by atoms with Crippen LogP contribution in [0.2, 0.25) is 0 Å². The maximum Gasteiger partial charge on any atom is 0.161 e. The molecular weight excluding hydrogens is 318 g/mol. The topological polar surface area (TPSA) is 49.8 Å². The number of benzene rings is 2. The van der Waals surface area contributed by atoms with Crippen molar-refractivity contribution in [3.63, 3.8) is 0 Å². The van der Waals surface area contributed by atoms with Crippen LogP contribution in [0.5, 0.6) is 23.0 Å². The molecule has 0 bridgehead atoms. The van der Waals surface area contributed by atoms with E-state index in [1.807, 2.05) is 18.2 Å². The minimum absolute atomic E-state index is 0.183. The first-order chi connectivity index (χ1) is 14.5. The molecule has 0 fully saturated rings. The maximum atomic E-state index is 7.36. The molecule has 0 unspecified atom stereocenters. The average Bonchev–Trinajstić information content (AvgIpc) is 2.67. The van der Waals surface area contributed by atoms with Gasteiger partial charge in [0.1, 0.15) is 0 Å². The number of pyridine rings is 1. The third-order valence-electron chi connectivity index (χ3n) is 3.95. The molecule has 0 saturated carbocycles. The second-order valence-corrected chi connectivity index (χ2v) is 5.35. The van der Waals surface area contributed by atoms with Crippen molar-refractivity contribution in [1.82, 2.24) is 4.98 Å². The van der Waals surface area contributed by atoms with Crippen molar-refractivity contribution < 1.29 is 27.2 Å². The molecule has 1 aromatic heterocycles. The highest BCUT2D eigenvalue weighted by Gasteiger charge is 2.11. The van der Waals surface area contributed by atoms with Gasteiger partial charge in [-0.1, -0.05) is 6.07 Å². The maximum absolute atomic E-state index is 7.36. The smallest absolute Gasteiger partial charge is 0.161 e. The van der Waals surface area contributed by atoms with E-state index >= 15 is 0 Å². The fourth-order valence-corrected chi connectivity index (χ4v) is 2.72. The molecule has 0 N–H and O–H groups in total. The van der Waals surface area contributed by atoms with Gasteiger partial charge >= 0.3 is 0 Å². The van der Waals surface area contributed by atoms with Crippen LogP contribution in [-0.4, -0.2) is 33.3 Å². The fourth-order valence-electron chi connectivity index (χ4n) is 2.72. The van der Waals surface area contributed by atoms with E-state index in [1.165, 1.54) is 12.1 Å². The Bertz CT molecular complexity index is 1080. The van der Waals surface area contributed by atoms with Crippen molar-refractivity contribution in [2.75, 3.05) is 28.3 Å². The van der Waals surface area contributed by atoms with E-state index in [0.717, 1.165) is 10.8 Å². The molecule has 0 aliphatic heterocycles. The summed E-state index contributed by atoms with van der Waals surface area (Å²) in [5.41, 5.74) is 1.37. The molecule has 25 heavy (non-hydrogen) atoms. The van der Waals surface area contributed by atoms with Gasteiger partial charge in [0.15, 0.2) is 23.0 Å². The lowest BCUT2D eigenvalue weighted by Gasteiger charge is -2.12. The lowest BCUT2D eigenvalue weighted by atomic mass is 10.0. The summed E-state index contributed by atoms with van der Waals surface area (Å²) in [5, 5.41) is 1.73. The summed E-state index contributed by atoms with van der Waals surface area (Å²) in [6.45, 7) is 0. The normalized spacial score (nSPS) is 15.1. The quantitative estimate of drug-likeness (QED) is 0.679. The molecule has 5 nitrogen and oxygen atoms in total. The highest BCUT2D eigenvalue weighted by Crippen LogP contribution is 2.34. The van der Waals surface area contributed by atoms with Gasteiger partial charge in [-0.3, -0.25) is 4.98 Å². The zero-order valence-corrected chi connectivity index (χ0v) is 13.8. The molecule has 5 heteroatoms. The summed E-state index contributed by atoms with van der Waals surface area (Å²) >= 11 is 0. The summed E-state index contributed by atoms with van der Waals surface area (Å²) < 4.78 is 64.5. The summed E-state index contributed by atoms with van der Waals surface area (Å²) in [4.78, 5) is 4.45. The van der Waals surface area contributed by atoms with E-state index in [1.54, 1.807) is 26.5 Å². The third-order valence-corrected chi connectivity index (χ3v) is 3.95. The molecular formula is C20H21NO4. The molecule has 0 saturated heterocycles. The number of methoxy groups -OCH3 is 4. The van der Waals surface area contributed by atoms with Crippen molar-refractivity contribution in [2.45, 2.75) is 6.42 Å². The second kappa shape index (κ2) is 7.30. The molecule has 1 heterocycles. The van der Waals surface area contributed by atoms with Crippen LogP contribution in [-0.2, 0) is 6.42 Å². The first kappa shape index (κ1) is 10.8. The molecule has 0 amide bonds. The van der Waals surface area contributed by atoms with E-state index in [4.69, 9.17) is 27.2 Å². The Morgan fingerprint density at radius 2 is 1.56 bits per heavy atom. The van der Waals surface area contributed by atoms with E-state index in [0.29, 0.717) is 29.2 Å². The van der Waals surface area contributed by atoms with E-state index in [-0.39, 0.29) is 11.5 Å². The number of hydrogen-bond donors (Lipinski definition) is 0. The van der Waals surface area contributed by atoms with Crippen molar-refractivity contribution in [1.29, 1.82) is 0 Å². The van der Waals surface area contributed by atoms with Gasteiger partial charge in [0.05, 0.1) is 42.2 Å². The van der Waals surface area contributed by atoms with Crippen molar-refractivity contribution >= 4 is 10.8 Å². The molecule has 0 spiro atoms. The first-order valence-electron chi connectivity index (χ1n) is 10.5. The van der Waals surface area contributed by atoms with Gasteiger partial charge in [0.2, 0.25) is 0 Å². The van der Waals surface area contributed by atoms with Crippen molar-refractivity contribution in [3.05, 3.63) is 53.9 Å². The van der Waals surface area contributed by atoms with E-state index in [2.05, 4.69) is 4.98 Å². The summed E-state index contributed by atoms with van der Waals surface area (Å²) in [5.74, 6) is 0.772. The van der Waals surface area contributed by atoms with Gasteiger partial charge in [-0.25, -0.2) is 0 Å². The van der Waals surface area contributed by atoms with Crippen LogP contribution in [0, 0.1) is 0 Å². The number of ether oxygens (including phenoxy) is 4. The predicted molar refractivity (Wildman–Crippen MR) is 97.2 cm³/mol. The Morgan fingerprint density at radius 3 is 2.32 bits per heavy atom. The van der Waals surface area contributed by atoms with Crippen LogP contribution in [0.4, 0.5) is 0 Å². The fraction of sp³-hybridized carbons (Fsp3) is 0.250. The third kappa shape index (κ3) is 3.31. The SMILES string of the molecule is [2H]C([2H])([2H])Oc1ccc(Cc2nccc3cc(OC)c(OC)cc23)cc1OC([2H])([2H])[2H]. The number of nitrogens with zero attached hydrogens (tertiary/aromatic N) is 1. The summed E-state index contributed by atoms with van der Waals surface area (Å²) in [6.07, 6.45) is 1.99. The van der Waals surface area contributed by atoms with Crippen LogP contribution in [0.25, 0.3) is 10.8 Å². The molecule has 3 rings (SSSR count). The Kier molecular flexibility index (Phi) is 3.16. The number of hydrogen-bond acceptors (Lipinski definition) is 5. The number of aromatic nitrogens is 1. The number of rotatable bonds is 6. The second-order valence-electron chi connectivity index (χ2n) is 5.35. The lowest BCUT2D eigenvalue weighted by molar-refractivity contribution is 0.354. The Morgan fingerprint density at radius 1 is 0.840 bits per heavy atom. The van der Waals surface area contributed by atoms with E-state index in [9.17, 15) is 0 Å². The van der Waals surface area contributed by atoms with Crippen LogP contribution < -0.4 is 18.9 Å².